The lowest BCUT2D eigenvalue weighted by molar-refractivity contribution is -0.0327. The number of rotatable bonds is 5. The van der Waals surface area contributed by atoms with Gasteiger partial charge in [0.25, 0.3) is 5.91 Å². The second-order valence-electron chi connectivity index (χ2n) is 3.85. The Hall–Kier alpha value is -1.37. The number of benzene rings is 1. The number of alkyl halides is 3. The molecule has 2 N–H and O–H groups in total. The lowest BCUT2D eigenvalue weighted by Gasteiger charge is -2.11. The van der Waals surface area contributed by atoms with Crippen molar-refractivity contribution in [3.05, 3.63) is 29.3 Å². The van der Waals surface area contributed by atoms with Crippen LogP contribution < -0.4 is 10.6 Å². The van der Waals surface area contributed by atoms with Crippen LogP contribution in [0.15, 0.2) is 18.2 Å². The van der Waals surface area contributed by atoms with Gasteiger partial charge in [-0.15, -0.1) is 0 Å². The molecule has 19 heavy (non-hydrogen) atoms. The van der Waals surface area contributed by atoms with Gasteiger partial charge in [-0.05, 0) is 36.4 Å². The molecule has 0 atom stereocenters. The van der Waals surface area contributed by atoms with Gasteiger partial charge in [0.15, 0.2) is 0 Å². The predicted molar refractivity (Wildman–Crippen MR) is 71.6 cm³/mol. The summed E-state index contributed by atoms with van der Waals surface area (Å²) in [4.78, 5) is 11.8. The Morgan fingerprint density at radius 2 is 2.05 bits per heavy atom. The number of thioether (sulfide) groups is 1. The number of amides is 1. The molecule has 0 aliphatic rings. The zero-order chi connectivity index (χ0) is 14.5. The fourth-order valence-corrected chi connectivity index (χ4v) is 1.93. The van der Waals surface area contributed by atoms with Gasteiger partial charge in [0.2, 0.25) is 0 Å². The minimum absolute atomic E-state index is 0.0277. The molecule has 3 nitrogen and oxygen atoms in total. The zero-order valence-electron chi connectivity index (χ0n) is 10.6. The van der Waals surface area contributed by atoms with E-state index >= 15 is 0 Å². The van der Waals surface area contributed by atoms with Crippen molar-refractivity contribution in [3.63, 3.8) is 0 Å². The van der Waals surface area contributed by atoms with Crippen molar-refractivity contribution in [2.45, 2.75) is 12.4 Å². The molecule has 0 saturated heterocycles. The first-order valence-corrected chi connectivity index (χ1v) is 6.59. The summed E-state index contributed by atoms with van der Waals surface area (Å²) in [5, 5.41) is 5.35. The molecule has 1 aromatic carbocycles. The number of halogens is 3. The second kappa shape index (κ2) is 6.70. The fraction of sp³-hybridized carbons (Fsp3) is 0.417. The molecule has 0 spiro atoms. The van der Waals surface area contributed by atoms with E-state index in [-0.39, 0.29) is 30.0 Å². The molecule has 0 fully saturated rings. The molecule has 0 unspecified atom stereocenters. The van der Waals surface area contributed by atoms with Crippen molar-refractivity contribution < 1.29 is 18.0 Å². The molecule has 0 aliphatic carbocycles. The van der Waals surface area contributed by atoms with Crippen LogP contribution in [-0.4, -0.2) is 30.8 Å². The Balaban J connectivity index is 2.54. The highest BCUT2D eigenvalue weighted by Gasteiger charge is 2.27. The summed E-state index contributed by atoms with van der Waals surface area (Å²) < 4.78 is 35.7. The summed E-state index contributed by atoms with van der Waals surface area (Å²) in [6, 6.07) is 5.23. The van der Waals surface area contributed by atoms with E-state index in [2.05, 4.69) is 10.6 Å². The van der Waals surface area contributed by atoms with Crippen LogP contribution >= 0.6 is 11.8 Å². The van der Waals surface area contributed by atoms with Crippen molar-refractivity contribution in [1.82, 2.24) is 5.32 Å². The van der Waals surface area contributed by atoms with Gasteiger partial charge in [-0.25, -0.2) is 0 Å². The molecule has 0 aromatic heterocycles. The Morgan fingerprint density at radius 3 is 2.63 bits per heavy atom. The standard InChI is InChI=1S/C12H15F3N2OS/c1-8-3-4-9(10(7-8)16-2)11(18)17-5-6-19-12(13,14)15/h3-4,7,16H,5-6H2,1-2H3,(H,17,18). The minimum Gasteiger partial charge on any atom is -0.387 e. The molecule has 7 heteroatoms. The van der Waals surface area contributed by atoms with Crippen molar-refractivity contribution in [2.75, 3.05) is 24.7 Å². The third-order valence-corrected chi connectivity index (χ3v) is 3.08. The first kappa shape index (κ1) is 15.7. The predicted octanol–water partition coefficient (Wildman–Crippen LogP) is 3.02. The van der Waals surface area contributed by atoms with Crippen LogP contribution in [0.2, 0.25) is 0 Å². The van der Waals surface area contributed by atoms with E-state index in [1.165, 1.54) is 0 Å². The number of carbonyl (C=O) groups is 1. The first-order chi connectivity index (χ1) is 8.83. The quantitative estimate of drug-likeness (QED) is 0.820. The number of aryl methyl sites for hydroxylation is 1. The van der Waals surface area contributed by atoms with Gasteiger partial charge in [0, 0.05) is 25.0 Å². The van der Waals surface area contributed by atoms with Crippen molar-refractivity contribution >= 4 is 23.4 Å². The molecule has 0 radical (unpaired) electrons. The number of nitrogens with one attached hydrogen (secondary N) is 2. The molecule has 0 bridgehead atoms. The topological polar surface area (TPSA) is 41.1 Å². The summed E-state index contributed by atoms with van der Waals surface area (Å²) in [6.07, 6.45) is 0. The van der Waals surface area contributed by atoms with E-state index in [0.29, 0.717) is 11.3 Å². The van der Waals surface area contributed by atoms with Gasteiger partial charge in [-0.1, -0.05) is 6.07 Å². The summed E-state index contributed by atoms with van der Waals surface area (Å²) in [5.41, 5.74) is -2.19. The van der Waals surface area contributed by atoms with E-state index < -0.39 is 5.51 Å². The van der Waals surface area contributed by atoms with E-state index in [4.69, 9.17) is 0 Å². The number of hydrogen-bond acceptors (Lipinski definition) is 3. The number of carbonyl (C=O) groups excluding carboxylic acids is 1. The van der Waals surface area contributed by atoms with Crippen LogP contribution in [0.25, 0.3) is 0 Å². The minimum atomic E-state index is -4.26. The molecular formula is C12H15F3N2OS. The molecule has 1 rings (SSSR count). The molecule has 0 saturated carbocycles. The molecule has 1 amide bonds. The van der Waals surface area contributed by atoms with Crippen LogP contribution in [0.1, 0.15) is 15.9 Å². The Kier molecular flexibility index (Phi) is 5.53. The number of anilines is 1. The highest BCUT2D eigenvalue weighted by molar-refractivity contribution is 8.00. The average Bonchev–Trinajstić information content (AvgIpc) is 2.33. The highest BCUT2D eigenvalue weighted by atomic mass is 32.2. The summed E-state index contributed by atoms with van der Waals surface area (Å²) >= 11 is -0.147. The van der Waals surface area contributed by atoms with Crippen LogP contribution in [-0.2, 0) is 0 Å². The first-order valence-electron chi connectivity index (χ1n) is 5.61. The van der Waals surface area contributed by atoms with Crippen LogP contribution in [0.4, 0.5) is 18.9 Å². The molecular weight excluding hydrogens is 277 g/mol. The molecule has 0 aliphatic heterocycles. The van der Waals surface area contributed by atoms with Gasteiger partial charge in [0.1, 0.15) is 0 Å². The third kappa shape index (κ3) is 5.42. The normalized spacial score (nSPS) is 11.2. The van der Waals surface area contributed by atoms with Crippen molar-refractivity contribution in [2.24, 2.45) is 0 Å². The molecule has 0 heterocycles. The van der Waals surface area contributed by atoms with Crippen LogP contribution in [0, 0.1) is 6.92 Å². The Bertz CT molecular complexity index is 449. The van der Waals surface area contributed by atoms with Gasteiger partial charge in [-0.2, -0.15) is 13.2 Å². The largest absolute Gasteiger partial charge is 0.441 e. The summed E-state index contributed by atoms with van der Waals surface area (Å²) in [7, 11) is 1.69. The van der Waals surface area contributed by atoms with E-state index in [1.807, 2.05) is 6.92 Å². The Morgan fingerprint density at radius 1 is 1.37 bits per heavy atom. The van der Waals surface area contributed by atoms with E-state index in [9.17, 15) is 18.0 Å². The maximum atomic E-state index is 11.9. The van der Waals surface area contributed by atoms with Crippen LogP contribution in [0.3, 0.4) is 0 Å². The SMILES string of the molecule is CNc1cc(C)ccc1C(=O)NCCSC(F)(F)F. The molecule has 1 aromatic rings. The second-order valence-corrected chi connectivity index (χ2v) is 5.01. The lowest BCUT2D eigenvalue weighted by atomic mass is 10.1. The van der Waals surface area contributed by atoms with Crippen molar-refractivity contribution in [1.29, 1.82) is 0 Å². The zero-order valence-corrected chi connectivity index (χ0v) is 11.4. The van der Waals surface area contributed by atoms with Gasteiger partial charge < -0.3 is 10.6 Å². The lowest BCUT2D eigenvalue weighted by Crippen LogP contribution is -2.27. The summed E-state index contributed by atoms with van der Waals surface area (Å²) in [5.74, 6) is -0.581. The smallest absolute Gasteiger partial charge is 0.387 e. The fourth-order valence-electron chi connectivity index (χ4n) is 1.49. The highest BCUT2D eigenvalue weighted by Crippen LogP contribution is 2.29. The van der Waals surface area contributed by atoms with Gasteiger partial charge >= 0.3 is 5.51 Å². The maximum Gasteiger partial charge on any atom is 0.441 e. The average molecular weight is 292 g/mol. The van der Waals surface area contributed by atoms with E-state index in [0.717, 1.165) is 5.56 Å². The summed E-state index contributed by atoms with van der Waals surface area (Å²) in [6.45, 7) is 1.86. The maximum absolute atomic E-state index is 11.9. The van der Waals surface area contributed by atoms with Crippen LogP contribution in [0.5, 0.6) is 0 Å². The van der Waals surface area contributed by atoms with Crippen molar-refractivity contribution in [3.8, 4) is 0 Å². The molecule has 106 valence electrons. The third-order valence-electron chi connectivity index (χ3n) is 2.34. The monoisotopic (exact) mass is 292 g/mol. The van der Waals surface area contributed by atoms with Gasteiger partial charge in [-0.3, -0.25) is 4.79 Å². The van der Waals surface area contributed by atoms with Gasteiger partial charge in [0.05, 0.1) is 5.56 Å². The number of hydrogen-bond donors (Lipinski definition) is 2. The van der Waals surface area contributed by atoms with E-state index in [1.54, 1.807) is 25.2 Å². The Labute approximate surface area is 114 Å².